The van der Waals surface area contributed by atoms with Gasteiger partial charge in [0.1, 0.15) is 16.9 Å². The number of halogens is 5. The Hall–Kier alpha value is -2.29. The highest BCUT2D eigenvalue weighted by atomic mass is 35.5. The Bertz CT molecular complexity index is 836. The van der Waals surface area contributed by atoms with E-state index in [-0.39, 0.29) is 34.3 Å². The first-order chi connectivity index (χ1) is 12.6. The summed E-state index contributed by atoms with van der Waals surface area (Å²) in [5.41, 5.74) is -0.0294. The van der Waals surface area contributed by atoms with Crippen molar-refractivity contribution in [2.45, 2.75) is 39.5 Å². The van der Waals surface area contributed by atoms with E-state index in [0.29, 0.717) is 6.54 Å². The molecule has 1 heterocycles. The van der Waals surface area contributed by atoms with E-state index in [1.54, 1.807) is 13.8 Å². The fourth-order valence-electron chi connectivity index (χ4n) is 2.38. The van der Waals surface area contributed by atoms with Crippen LogP contribution in [0.5, 0.6) is 0 Å². The van der Waals surface area contributed by atoms with Crippen molar-refractivity contribution >= 4 is 23.3 Å². The van der Waals surface area contributed by atoms with Crippen LogP contribution in [0, 0.1) is 5.82 Å². The number of anilines is 1. The Morgan fingerprint density at radius 3 is 2.56 bits per heavy atom. The molecule has 0 aliphatic heterocycles. The standard InChI is InChI=1S/C17H18ClF4N3O2/c1-4-25-15(13(18)14(24-25)16(26)27-5-2)11-7-6-10(8-12(11)19)23-9(3)17(20,21)22/h6-9,23H,4-5H2,1-3H3. The lowest BCUT2D eigenvalue weighted by Gasteiger charge is -2.18. The van der Waals surface area contributed by atoms with E-state index >= 15 is 0 Å². The van der Waals surface area contributed by atoms with E-state index in [9.17, 15) is 22.4 Å². The molecule has 2 aromatic rings. The van der Waals surface area contributed by atoms with Crippen molar-refractivity contribution in [1.82, 2.24) is 9.78 Å². The molecule has 0 bridgehead atoms. The zero-order valence-electron chi connectivity index (χ0n) is 14.8. The third-order valence-electron chi connectivity index (χ3n) is 3.76. The number of hydrogen-bond donors (Lipinski definition) is 1. The van der Waals surface area contributed by atoms with Gasteiger partial charge in [0.25, 0.3) is 0 Å². The van der Waals surface area contributed by atoms with Crippen LogP contribution in [0.2, 0.25) is 5.02 Å². The molecule has 0 radical (unpaired) electrons. The Balaban J connectivity index is 2.43. The van der Waals surface area contributed by atoms with Gasteiger partial charge in [0.2, 0.25) is 0 Å². The molecule has 1 aromatic carbocycles. The van der Waals surface area contributed by atoms with Gasteiger partial charge in [-0.2, -0.15) is 18.3 Å². The van der Waals surface area contributed by atoms with Crippen molar-refractivity contribution in [2.75, 3.05) is 11.9 Å². The highest BCUT2D eigenvalue weighted by Crippen LogP contribution is 2.34. The van der Waals surface area contributed by atoms with Crippen molar-refractivity contribution < 1.29 is 27.1 Å². The summed E-state index contributed by atoms with van der Waals surface area (Å²) in [6, 6.07) is 1.67. The Labute approximate surface area is 158 Å². The van der Waals surface area contributed by atoms with Gasteiger partial charge in [0.15, 0.2) is 5.69 Å². The van der Waals surface area contributed by atoms with Gasteiger partial charge in [-0.05, 0) is 39.0 Å². The molecule has 0 aliphatic carbocycles. The van der Waals surface area contributed by atoms with Crippen LogP contribution in [-0.4, -0.2) is 34.6 Å². The van der Waals surface area contributed by atoms with Gasteiger partial charge in [0.05, 0.1) is 12.3 Å². The first-order valence-corrected chi connectivity index (χ1v) is 8.54. The second-order valence-electron chi connectivity index (χ2n) is 5.65. The summed E-state index contributed by atoms with van der Waals surface area (Å²) in [6.45, 7) is 4.69. The number of rotatable bonds is 6. The number of hydrogen-bond acceptors (Lipinski definition) is 4. The Morgan fingerprint density at radius 2 is 2.04 bits per heavy atom. The van der Waals surface area contributed by atoms with E-state index in [4.69, 9.17) is 16.3 Å². The molecule has 0 saturated heterocycles. The molecule has 1 atom stereocenters. The van der Waals surface area contributed by atoms with E-state index in [1.807, 2.05) is 0 Å². The molecule has 1 N–H and O–H groups in total. The average Bonchev–Trinajstić information content (AvgIpc) is 2.91. The van der Waals surface area contributed by atoms with Crippen molar-refractivity contribution in [3.05, 3.63) is 34.7 Å². The van der Waals surface area contributed by atoms with Gasteiger partial charge in [0, 0.05) is 17.8 Å². The van der Waals surface area contributed by atoms with Gasteiger partial charge in [-0.15, -0.1) is 0 Å². The maximum atomic E-state index is 14.6. The first kappa shape index (κ1) is 21.0. The summed E-state index contributed by atoms with van der Waals surface area (Å²) in [5, 5.41) is 6.15. The highest BCUT2D eigenvalue weighted by molar-refractivity contribution is 6.35. The van der Waals surface area contributed by atoms with Crippen LogP contribution in [0.1, 0.15) is 31.3 Å². The molecular formula is C17H18ClF4N3O2. The van der Waals surface area contributed by atoms with Crippen LogP contribution in [-0.2, 0) is 11.3 Å². The lowest BCUT2D eigenvalue weighted by atomic mass is 10.1. The van der Waals surface area contributed by atoms with Crippen LogP contribution in [0.15, 0.2) is 18.2 Å². The van der Waals surface area contributed by atoms with E-state index in [1.165, 1.54) is 16.8 Å². The minimum absolute atomic E-state index is 0.00936. The lowest BCUT2D eigenvalue weighted by molar-refractivity contribution is -0.138. The number of aromatic nitrogens is 2. The van der Waals surface area contributed by atoms with Crippen LogP contribution < -0.4 is 5.32 Å². The number of aryl methyl sites for hydroxylation is 1. The quantitative estimate of drug-likeness (QED) is 0.546. The topological polar surface area (TPSA) is 56.1 Å². The zero-order valence-corrected chi connectivity index (χ0v) is 15.6. The van der Waals surface area contributed by atoms with Crippen LogP contribution >= 0.6 is 11.6 Å². The first-order valence-electron chi connectivity index (χ1n) is 8.16. The molecule has 1 aromatic heterocycles. The summed E-state index contributed by atoms with van der Waals surface area (Å²) in [5.74, 6) is -1.55. The number of ether oxygens (including phenoxy) is 1. The number of benzene rings is 1. The van der Waals surface area contributed by atoms with E-state index < -0.39 is 24.0 Å². The fraction of sp³-hybridized carbons (Fsp3) is 0.412. The zero-order chi connectivity index (χ0) is 20.4. The van der Waals surface area contributed by atoms with E-state index in [0.717, 1.165) is 13.0 Å². The average molecular weight is 408 g/mol. The van der Waals surface area contributed by atoms with Crippen LogP contribution in [0.25, 0.3) is 11.3 Å². The van der Waals surface area contributed by atoms with Crippen LogP contribution in [0.3, 0.4) is 0 Å². The van der Waals surface area contributed by atoms with Gasteiger partial charge >= 0.3 is 12.1 Å². The molecular weight excluding hydrogens is 390 g/mol. The normalized spacial score (nSPS) is 12.7. The van der Waals surface area contributed by atoms with Gasteiger partial charge < -0.3 is 10.1 Å². The molecule has 0 amide bonds. The van der Waals surface area contributed by atoms with E-state index in [2.05, 4.69) is 10.4 Å². The van der Waals surface area contributed by atoms with Gasteiger partial charge in [-0.25, -0.2) is 9.18 Å². The molecule has 10 heteroatoms. The van der Waals surface area contributed by atoms with Crippen molar-refractivity contribution in [2.24, 2.45) is 0 Å². The summed E-state index contributed by atoms with van der Waals surface area (Å²) in [6.07, 6.45) is -4.46. The second-order valence-corrected chi connectivity index (χ2v) is 6.03. The van der Waals surface area contributed by atoms with Crippen molar-refractivity contribution in [3.63, 3.8) is 0 Å². The van der Waals surface area contributed by atoms with Gasteiger partial charge in [-0.1, -0.05) is 11.6 Å². The number of carbonyl (C=O) groups is 1. The SMILES string of the molecule is CCOC(=O)c1nn(CC)c(-c2ccc(NC(C)C(F)(F)F)cc2F)c1Cl. The molecule has 2 rings (SSSR count). The number of esters is 1. The third kappa shape index (κ3) is 4.52. The highest BCUT2D eigenvalue weighted by Gasteiger charge is 2.36. The Morgan fingerprint density at radius 1 is 1.37 bits per heavy atom. The number of nitrogens with one attached hydrogen (secondary N) is 1. The molecule has 1 unspecified atom stereocenters. The van der Waals surface area contributed by atoms with Crippen molar-refractivity contribution in [1.29, 1.82) is 0 Å². The molecule has 0 spiro atoms. The molecule has 5 nitrogen and oxygen atoms in total. The predicted molar refractivity (Wildman–Crippen MR) is 93.4 cm³/mol. The summed E-state index contributed by atoms with van der Waals surface area (Å²) < 4.78 is 58.7. The Kier molecular flexibility index (Phi) is 6.35. The lowest BCUT2D eigenvalue weighted by Crippen LogP contribution is -2.33. The van der Waals surface area contributed by atoms with Crippen LogP contribution in [0.4, 0.5) is 23.2 Å². The molecule has 0 fully saturated rings. The molecule has 0 saturated carbocycles. The maximum absolute atomic E-state index is 14.6. The summed E-state index contributed by atoms with van der Waals surface area (Å²) in [7, 11) is 0. The summed E-state index contributed by atoms with van der Waals surface area (Å²) >= 11 is 6.21. The summed E-state index contributed by atoms with van der Waals surface area (Å²) in [4.78, 5) is 11.9. The minimum atomic E-state index is -4.46. The number of nitrogens with zero attached hydrogens (tertiary/aromatic N) is 2. The smallest absolute Gasteiger partial charge is 0.408 e. The maximum Gasteiger partial charge on any atom is 0.408 e. The largest absolute Gasteiger partial charge is 0.461 e. The molecule has 27 heavy (non-hydrogen) atoms. The number of alkyl halides is 3. The number of carbonyl (C=O) groups excluding carboxylic acids is 1. The van der Waals surface area contributed by atoms with Crippen molar-refractivity contribution in [3.8, 4) is 11.3 Å². The predicted octanol–water partition coefficient (Wildman–Crippen LogP) is 4.90. The third-order valence-corrected chi connectivity index (χ3v) is 4.12. The monoisotopic (exact) mass is 407 g/mol. The second kappa shape index (κ2) is 8.16. The minimum Gasteiger partial charge on any atom is -0.461 e. The fourth-order valence-corrected chi connectivity index (χ4v) is 2.70. The molecule has 0 aliphatic rings. The molecule has 148 valence electrons. The van der Waals surface area contributed by atoms with Gasteiger partial charge in [-0.3, -0.25) is 4.68 Å².